The van der Waals surface area contributed by atoms with E-state index in [9.17, 15) is 9.59 Å². The normalized spacial score (nSPS) is 18.1. The molecule has 0 saturated carbocycles. The highest BCUT2D eigenvalue weighted by atomic mass is 32.1. The van der Waals surface area contributed by atoms with Crippen LogP contribution in [-0.4, -0.2) is 91.8 Å². The summed E-state index contributed by atoms with van der Waals surface area (Å²) in [7, 11) is 1.55. The molecule has 5 heterocycles. The van der Waals surface area contributed by atoms with Gasteiger partial charge in [-0.25, -0.2) is 9.79 Å². The number of nitrogens with zero attached hydrogens (tertiary/aromatic N) is 7. The number of benzene rings is 2. The average Bonchev–Trinajstić information content (AvgIpc) is 3.45. The third-order valence-electron chi connectivity index (χ3n) is 8.50. The smallest absolute Gasteiger partial charge is 0.338 e. The highest BCUT2D eigenvalue weighted by Crippen LogP contribution is 2.33. The number of hydrogen-bond acceptors (Lipinski definition) is 14. The lowest BCUT2D eigenvalue weighted by atomic mass is 9.96. The molecule has 1 unspecified atom stereocenters. The Kier molecular flexibility index (Phi) is 9.87. The highest BCUT2D eigenvalue weighted by Gasteiger charge is 2.33. The van der Waals surface area contributed by atoms with Crippen molar-refractivity contribution in [3.8, 4) is 17.5 Å². The molecular formula is C35H37N7O7S. The summed E-state index contributed by atoms with van der Waals surface area (Å²) in [5.41, 5.74) is 2.07. The molecule has 15 heteroatoms. The van der Waals surface area contributed by atoms with E-state index >= 15 is 0 Å². The number of hydrogen-bond donors (Lipinski definition) is 0. The van der Waals surface area contributed by atoms with Crippen molar-refractivity contribution < 1.29 is 28.5 Å². The lowest BCUT2D eigenvalue weighted by Crippen LogP contribution is -2.40. The van der Waals surface area contributed by atoms with Gasteiger partial charge in [0.2, 0.25) is 11.9 Å². The van der Waals surface area contributed by atoms with Gasteiger partial charge in [-0.1, -0.05) is 47.7 Å². The Labute approximate surface area is 291 Å². The molecule has 0 N–H and O–H groups in total. The van der Waals surface area contributed by atoms with Crippen LogP contribution < -0.4 is 34.2 Å². The second kappa shape index (κ2) is 14.8. The monoisotopic (exact) mass is 699 g/mol. The van der Waals surface area contributed by atoms with Gasteiger partial charge >= 0.3 is 12.0 Å². The molecule has 1 atom stereocenters. The standard InChI is InChI=1S/C35H37N7O7S/c1-4-48-31(44)28-22(2)36-35-42(29(28)24-8-6-5-7-9-24)30(43)27(50-35)21-23-10-11-25(26(20-23)45-3)49-34-38-32(40-12-16-46-17-13-40)37-33(39-34)41-14-18-47-19-15-41/h5-11,20-21,29H,4,12-19H2,1-3H3/b27-21-. The lowest BCUT2D eigenvalue weighted by molar-refractivity contribution is -0.139. The molecule has 2 saturated heterocycles. The second-order valence-corrected chi connectivity index (χ2v) is 12.7. The van der Waals surface area contributed by atoms with Gasteiger partial charge in [0.05, 0.1) is 62.0 Å². The molecule has 0 aliphatic carbocycles. The summed E-state index contributed by atoms with van der Waals surface area (Å²) >= 11 is 1.25. The fourth-order valence-corrected chi connectivity index (χ4v) is 7.09. The van der Waals surface area contributed by atoms with E-state index in [0.29, 0.717) is 102 Å². The Balaban J connectivity index is 1.23. The summed E-state index contributed by atoms with van der Waals surface area (Å²) in [5, 5.41) is 0. The van der Waals surface area contributed by atoms with Gasteiger partial charge in [0.1, 0.15) is 0 Å². The van der Waals surface area contributed by atoms with Crippen LogP contribution in [0.5, 0.6) is 17.5 Å². The van der Waals surface area contributed by atoms with Crippen molar-refractivity contribution >= 4 is 35.3 Å². The largest absolute Gasteiger partial charge is 0.493 e. The molecule has 0 radical (unpaired) electrons. The fraction of sp³-hybridized carbons (Fsp3) is 0.371. The molecule has 50 heavy (non-hydrogen) atoms. The van der Waals surface area contributed by atoms with Crippen molar-refractivity contribution in [3.05, 3.63) is 90.6 Å². The summed E-state index contributed by atoms with van der Waals surface area (Å²) in [6, 6.07) is 14.3. The minimum atomic E-state index is -0.677. The van der Waals surface area contributed by atoms with E-state index in [1.807, 2.05) is 36.4 Å². The molecule has 2 fully saturated rings. The second-order valence-electron chi connectivity index (χ2n) is 11.6. The van der Waals surface area contributed by atoms with Crippen LogP contribution in [0.15, 0.2) is 69.6 Å². The summed E-state index contributed by atoms with van der Waals surface area (Å²) in [6.45, 7) is 8.70. The first-order valence-electron chi connectivity index (χ1n) is 16.5. The zero-order valence-corrected chi connectivity index (χ0v) is 28.9. The first-order valence-corrected chi connectivity index (χ1v) is 17.3. The zero-order chi connectivity index (χ0) is 34.6. The number of carbonyl (C=O) groups excluding carboxylic acids is 1. The third-order valence-corrected chi connectivity index (χ3v) is 9.48. The van der Waals surface area contributed by atoms with Crippen LogP contribution in [0.2, 0.25) is 0 Å². The van der Waals surface area contributed by atoms with E-state index in [2.05, 4.69) is 24.8 Å². The molecule has 0 spiro atoms. The van der Waals surface area contributed by atoms with Gasteiger partial charge in [-0.05, 0) is 43.2 Å². The van der Waals surface area contributed by atoms with Gasteiger partial charge in [0.25, 0.3) is 5.56 Å². The number of allylic oxidation sites excluding steroid dienone is 1. The number of rotatable bonds is 9. The zero-order valence-electron chi connectivity index (χ0n) is 28.0. The molecule has 2 aromatic heterocycles. The van der Waals surface area contributed by atoms with E-state index < -0.39 is 12.0 Å². The van der Waals surface area contributed by atoms with Crippen LogP contribution in [0.25, 0.3) is 6.08 Å². The maximum absolute atomic E-state index is 14.0. The first kappa shape index (κ1) is 33.4. The average molecular weight is 700 g/mol. The molecule has 3 aliphatic heterocycles. The van der Waals surface area contributed by atoms with Crippen molar-refractivity contribution in [2.24, 2.45) is 4.99 Å². The van der Waals surface area contributed by atoms with E-state index in [1.165, 1.54) is 11.3 Å². The number of carbonyl (C=O) groups is 1. The van der Waals surface area contributed by atoms with Crippen LogP contribution >= 0.6 is 11.3 Å². The van der Waals surface area contributed by atoms with Gasteiger partial charge in [0, 0.05) is 26.2 Å². The number of methoxy groups -OCH3 is 1. The summed E-state index contributed by atoms with van der Waals surface area (Å²) in [4.78, 5) is 50.5. The van der Waals surface area contributed by atoms with Gasteiger partial charge in [-0.3, -0.25) is 9.36 Å². The predicted molar refractivity (Wildman–Crippen MR) is 186 cm³/mol. The van der Waals surface area contributed by atoms with E-state index in [1.54, 1.807) is 43.7 Å². The maximum Gasteiger partial charge on any atom is 0.338 e. The highest BCUT2D eigenvalue weighted by molar-refractivity contribution is 7.07. The van der Waals surface area contributed by atoms with Gasteiger partial charge in [0.15, 0.2) is 16.3 Å². The van der Waals surface area contributed by atoms with Crippen molar-refractivity contribution in [3.63, 3.8) is 0 Å². The first-order chi connectivity index (χ1) is 24.4. The Morgan fingerprint density at radius 1 is 0.940 bits per heavy atom. The number of ether oxygens (including phenoxy) is 5. The molecular weight excluding hydrogens is 662 g/mol. The Hall–Kier alpha value is -5.12. The van der Waals surface area contributed by atoms with Crippen LogP contribution in [0.4, 0.5) is 11.9 Å². The minimum Gasteiger partial charge on any atom is -0.493 e. The van der Waals surface area contributed by atoms with Crippen molar-refractivity contribution in [1.29, 1.82) is 0 Å². The Bertz CT molecular complexity index is 2050. The van der Waals surface area contributed by atoms with E-state index in [0.717, 1.165) is 5.56 Å². The Morgan fingerprint density at radius 3 is 2.22 bits per heavy atom. The van der Waals surface area contributed by atoms with E-state index in [-0.39, 0.29) is 18.2 Å². The molecule has 0 bridgehead atoms. The van der Waals surface area contributed by atoms with Crippen LogP contribution in [0, 0.1) is 0 Å². The summed E-state index contributed by atoms with van der Waals surface area (Å²) in [6.07, 6.45) is 1.78. The maximum atomic E-state index is 14.0. The van der Waals surface area contributed by atoms with Gasteiger partial charge in [-0.15, -0.1) is 0 Å². The number of thiazole rings is 1. The van der Waals surface area contributed by atoms with Crippen molar-refractivity contribution in [2.45, 2.75) is 19.9 Å². The minimum absolute atomic E-state index is 0.135. The number of fused-ring (bicyclic) bond motifs is 1. The lowest BCUT2D eigenvalue weighted by Gasteiger charge is -2.30. The SMILES string of the molecule is CCOC(=O)C1=C(C)N=c2s/c(=C\c3ccc(Oc4nc(N5CCOCC5)nc(N5CCOCC5)n4)c(OC)c3)c(=O)n2C1c1ccccc1. The molecule has 3 aliphatic rings. The topological polar surface area (TPSA) is 143 Å². The van der Waals surface area contributed by atoms with Crippen molar-refractivity contribution in [1.82, 2.24) is 19.5 Å². The molecule has 7 rings (SSSR count). The quantitative estimate of drug-likeness (QED) is 0.237. The number of morpholine rings is 2. The van der Waals surface area contributed by atoms with Crippen LogP contribution in [-0.2, 0) is 19.0 Å². The van der Waals surface area contributed by atoms with Crippen LogP contribution in [0.1, 0.15) is 31.0 Å². The van der Waals surface area contributed by atoms with Gasteiger partial charge < -0.3 is 33.5 Å². The predicted octanol–water partition coefficient (Wildman–Crippen LogP) is 2.46. The fourth-order valence-electron chi connectivity index (χ4n) is 6.04. The van der Waals surface area contributed by atoms with Crippen LogP contribution in [0.3, 0.4) is 0 Å². The molecule has 2 aromatic carbocycles. The third kappa shape index (κ3) is 6.84. The molecule has 0 amide bonds. The van der Waals surface area contributed by atoms with Crippen molar-refractivity contribution in [2.75, 3.05) is 76.1 Å². The Morgan fingerprint density at radius 2 is 1.60 bits per heavy atom. The summed E-state index contributed by atoms with van der Waals surface area (Å²) < 4.78 is 30.4. The molecule has 14 nitrogen and oxygen atoms in total. The number of aromatic nitrogens is 4. The van der Waals surface area contributed by atoms with E-state index in [4.69, 9.17) is 28.7 Å². The molecule has 4 aromatic rings. The number of anilines is 2. The molecule has 260 valence electrons. The van der Waals surface area contributed by atoms with Gasteiger partial charge in [-0.2, -0.15) is 15.0 Å². The number of esters is 1. The summed E-state index contributed by atoms with van der Waals surface area (Å²) in [5.74, 6) is 1.36.